The molecule has 1 fully saturated rings. The predicted molar refractivity (Wildman–Crippen MR) is 121 cm³/mol. The van der Waals surface area contributed by atoms with Crippen molar-refractivity contribution in [3.63, 3.8) is 0 Å². The van der Waals surface area contributed by atoms with Crippen molar-refractivity contribution in [2.24, 2.45) is 0 Å². The van der Waals surface area contributed by atoms with Crippen molar-refractivity contribution < 1.29 is 9.53 Å². The van der Waals surface area contributed by atoms with Crippen LogP contribution in [0.15, 0.2) is 36.5 Å². The molecule has 1 atom stereocenters. The van der Waals surface area contributed by atoms with Crippen LogP contribution in [0.3, 0.4) is 0 Å². The molecule has 1 unspecified atom stereocenters. The fourth-order valence-electron chi connectivity index (χ4n) is 4.37. The number of aromatic nitrogens is 2. The standard InChI is InChI=1S/C23H28N6O2/c1-15-23(30)27(3)18-12-16(4-6-20(18)31-15)22-19(14-28-10-8-26(2)9-11-28)29-13-17(24)5-7-21(29)25-22/h4-7,12-13,15H,8-11,14,24H2,1-3H3. The first-order valence-corrected chi connectivity index (χ1v) is 10.7. The van der Waals surface area contributed by atoms with Gasteiger partial charge in [0.25, 0.3) is 5.91 Å². The minimum atomic E-state index is -0.477. The summed E-state index contributed by atoms with van der Waals surface area (Å²) in [5, 5.41) is 0. The molecular weight excluding hydrogens is 392 g/mol. The van der Waals surface area contributed by atoms with E-state index in [0.29, 0.717) is 11.4 Å². The Balaban J connectivity index is 1.59. The Morgan fingerprint density at radius 1 is 1.13 bits per heavy atom. The van der Waals surface area contributed by atoms with Gasteiger partial charge in [0, 0.05) is 57.2 Å². The van der Waals surface area contributed by atoms with Gasteiger partial charge in [-0.25, -0.2) is 4.98 Å². The zero-order valence-electron chi connectivity index (χ0n) is 18.2. The molecule has 5 rings (SSSR count). The number of piperazine rings is 1. The molecule has 2 aliphatic heterocycles. The Bertz CT molecular complexity index is 1150. The number of rotatable bonds is 3. The topological polar surface area (TPSA) is 79.3 Å². The Labute approximate surface area is 181 Å². The number of hydrogen-bond donors (Lipinski definition) is 1. The van der Waals surface area contributed by atoms with Crippen LogP contribution in [0.25, 0.3) is 16.9 Å². The number of imidazole rings is 1. The number of nitrogens with zero attached hydrogens (tertiary/aromatic N) is 5. The van der Waals surface area contributed by atoms with Crippen molar-refractivity contribution in [2.75, 3.05) is 50.9 Å². The predicted octanol–water partition coefficient (Wildman–Crippen LogP) is 2.07. The Hall–Kier alpha value is -3.10. The van der Waals surface area contributed by atoms with Gasteiger partial charge >= 0.3 is 0 Å². The number of hydrogen-bond acceptors (Lipinski definition) is 6. The van der Waals surface area contributed by atoms with Gasteiger partial charge in [-0.1, -0.05) is 0 Å². The van der Waals surface area contributed by atoms with Gasteiger partial charge in [0.2, 0.25) is 0 Å². The van der Waals surface area contributed by atoms with Crippen molar-refractivity contribution in [2.45, 2.75) is 19.6 Å². The zero-order valence-corrected chi connectivity index (χ0v) is 18.2. The second-order valence-corrected chi connectivity index (χ2v) is 8.52. The molecule has 0 saturated carbocycles. The molecule has 4 heterocycles. The van der Waals surface area contributed by atoms with Gasteiger partial charge in [-0.3, -0.25) is 9.69 Å². The summed E-state index contributed by atoms with van der Waals surface area (Å²) in [6.07, 6.45) is 1.46. The number of nitrogens with two attached hydrogens (primary N) is 1. The number of pyridine rings is 1. The molecule has 31 heavy (non-hydrogen) atoms. The Morgan fingerprint density at radius 3 is 2.68 bits per heavy atom. The molecule has 1 aromatic carbocycles. The molecule has 0 radical (unpaired) electrons. The number of nitrogen functional groups attached to an aromatic ring is 1. The molecule has 1 saturated heterocycles. The zero-order chi connectivity index (χ0) is 21.7. The van der Waals surface area contributed by atoms with Crippen LogP contribution in [0.4, 0.5) is 11.4 Å². The maximum absolute atomic E-state index is 12.4. The first-order chi connectivity index (χ1) is 14.9. The highest BCUT2D eigenvalue weighted by Gasteiger charge is 2.30. The summed E-state index contributed by atoms with van der Waals surface area (Å²) in [4.78, 5) is 23.8. The van der Waals surface area contributed by atoms with E-state index in [1.54, 1.807) is 18.9 Å². The Morgan fingerprint density at radius 2 is 1.90 bits per heavy atom. The van der Waals surface area contributed by atoms with E-state index in [4.69, 9.17) is 15.5 Å². The van der Waals surface area contributed by atoms with E-state index in [-0.39, 0.29) is 5.91 Å². The molecule has 8 nitrogen and oxygen atoms in total. The third-order valence-electron chi connectivity index (χ3n) is 6.29. The van der Waals surface area contributed by atoms with Gasteiger partial charge in [0.1, 0.15) is 11.4 Å². The van der Waals surface area contributed by atoms with Gasteiger partial charge in [-0.05, 0) is 44.3 Å². The number of likely N-dealkylation sites (N-methyl/N-ethyl adjacent to an activating group) is 2. The normalized spacial score (nSPS) is 20.2. The number of benzene rings is 1. The van der Waals surface area contributed by atoms with Crippen LogP contribution >= 0.6 is 0 Å². The summed E-state index contributed by atoms with van der Waals surface area (Å²) >= 11 is 0. The van der Waals surface area contributed by atoms with Gasteiger partial charge < -0.3 is 24.7 Å². The van der Waals surface area contributed by atoms with Crippen molar-refractivity contribution in [1.82, 2.24) is 19.2 Å². The van der Waals surface area contributed by atoms with Crippen LogP contribution in [-0.2, 0) is 11.3 Å². The summed E-state index contributed by atoms with van der Waals surface area (Å²) in [7, 11) is 3.95. The maximum atomic E-state index is 12.4. The lowest BCUT2D eigenvalue weighted by Gasteiger charge is -2.32. The third-order valence-corrected chi connectivity index (χ3v) is 6.29. The second-order valence-electron chi connectivity index (χ2n) is 8.52. The number of carbonyl (C=O) groups excluding carboxylic acids is 1. The molecule has 2 N–H and O–H groups in total. The smallest absolute Gasteiger partial charge is 0.267 e. The summed E-state index contributed by atoms with van der Waals surface area (Å²) in [6.45, 7) is 6.69. The monoisotopic (exact) mass is 420 g/mol. The van der Waals surface area contributed by atoms with E-state index < -0.39 is 6.10 Å². The van der Waals surface area contributed by atoms with Crippen molar-refractivity contribution >= 4 is 22.9 Å². The van der Waals surface area contributed by atoms with Gasteiger partial charge in [-0.15, -0.1) is 0 Å². The van der Waals surface area contributed by atoms with Crippen LogP contribution in [0.1, 0.15) is 12.6 Å². The van der Waals surface area contributed by atoms with Gasteiger partial charge in [0.15, 0.2) is 6.10 Å². The lowest BCUT2D eigenvalue weighted by Crippen LogP contribution is -2.44. The molecule has 1 amide bonds. The number of fused-ring (bicyclic) bond motifs is 2. The fourth-order valence-corrected chi connectivity index (χ4v) is 4.37. The molecule has 0 spiro atoms. The van der Waals surface area contributed by atoms with Crippen LogP contribution < -0.4 is 15.4 Å². The molecule has 162 valence electrons. The van der Waals surface area contributed by atoms with E-state index in [0.717, 1.165) is 61.0 Å². The number of anilines is 2. The molecule has 0 bridgehead atoms. The molecular formula is C23H28N6O2. The van der Waals surface area contributed by atoms with E-state index in [1.165, 1.54) is 0 Å². The molecule has 0 aliphatic carbocycles. The van der Waals surface area contributed by atoms with Crippen molar-refractivity contribution in [3.05, 3.63) is 42.2 Å². The minimum Gasteiger partial charge on any atom is -0.479 e. The third kappa shape index (κ3) is 3.51. The highest BCUT2D eigenvalue weighted by Crippen LogP contribution is 2.38. The van der Waals surface area contributed by atoms with E-state index >= 15 is 0 Å². The lowest BCUT2D eigenvalue weighted by molar-refractivity contribution is -0.125. The quantitative estimate of drug-likeness (QED) is 0.699. The Kier molecular flexibility index (Phi) is 4.83. The summed E-state index contributed by atoms with van der Waals surface area (Å²) in [5.74, 6) is 0.664. The lowest BCUT2D eigenvalue weighted by atomic mass is 10.1. The number of ether oxygens (including phenoxy) is 1. The highest BCUT2D eigenvalue weighted by molar-refractivity contribution is 6.00. The van der Waals surface area contributed by atoms with Gasteiger partial charge in [0.05, 0.1) is 17.1 Å². The first kappa shape index (κ1) is 19.8. The summed E-state index contributed by atoms with van der Waals surface area (Å²) in [6, 6.07) is 9.78. The molecule has 2 aromatic heterocycles. The number of amides is 1. The van der Waals surface area contributed by atoms with E-state index in [1.807, 2.05) is 36.5 Å². The molecule has 2 aliphatic rings. The summed E-state index contributed by atoms with van der Waals surface area (Å²) < 4.78 is 7.89. The van der Waals surface area contributed by atoms with Crippen LogP contribution in [0, 0.1) is 0 Å². The summed E-state index contributed by atoms with van der Waals surface area (Å²) in [5.41, 5.74) is 11.4. The van der Waals surface area contributed by atoms with E-state index in [2.05, 4.69) is 21.2 Å². The highest BCUT2D eigenvalue weighted by atomic mass is 16.5. The second kappa shape index (κ2) is 7.55. The maximum Gasteiger partial charge on any atom is 0.267 e. The largest absolute Gasteiger partial charge is 0.479 e. The van der Waals surface area contributed by atoms with Crippen LogP contribution in [0.5, 0.6) is 5.75 Å². The average molecular weight is 421 g/mol. The number of carbonyl (C=O) groups is 1. The SMILES string of the molecule is CC1Oc2ccc(-c3nc4ccc(N)cn4c3CN3CCN(C)CC3)cc2N(C)C1=O. The van der Waals surface area contributed by atoms with Crippen molar-refractivity contribution in [1.29, 1.82) is 0 Å². The minimum absolute atomic E-state index is 0.0508. The van der Waals surface area contributed by atoms with E-state index in [9.17, 15) is 4.79 Å². The van der Waals surface area contributed by atoms with Gasteiger partial charge in [-0.2, -0.15) is 0 Å². The fraction of sp³-hybridized carbons (Fsp3) is 0.391. The molecule has 3 aromatic rings. The van der Waals surface area contributed by atoms with Crippen LogP contribution in [-0.4, -0.2) is 71.5 Å². The average Bonchev–Trinajstić information content (AvgIpc) is 3.11. The van der Waals surface area contributed by atoms with Crippen molar-refractivity contribution in [3.8, 4) is 17.0 Å². The first-order valence-electron chi connectivity index (χ1n) is 10.7. The van der Waals surface area contributed by atoms with Crippen LogP contribution in [0.2, 0.25) is 0 Å². The molecule has 8 heteroatoms.